The van der Waals surface area contributed by atoms with Gasteiger partial charge < -0.3 is 14.8 Å². The Morgan fingerprint density at radius 2 is 1.82 bits per heavy atom. The zero-order chi connectivity index (χ0) is 26.1. The van der Waals surface area contributed by atoms with Gasteiger partial charge in [0.15, 0.2) is 0 Å². The number of likely N-dealkylation sites (tertiary alicyclic amines) is 1. The molecule has 0 atom stereocenters. The monoisotopic (exact) mass is 507 g/mol. The molecule has 0 aliphatic carbocycles. The third kappa shape index (κ3) is 4.91. The maximum atomic E-state index is 4.73. The molecule has 7 heteroatoms. The van der Waals surface area contributed by atoms with Crippen molar-refractivity contribution in [3.05, 3.63) is 78.3 Å². The minimum Gasteiger partial charge on any atom is -0.368 e. The van der Waals surface area contributed by atoms with E-state index in [0.717, 1.165) is 71.8 Å². The molecule has 2 aliphatic heterocycles. The number of aromatic amines is 2. The number of hydrogen-bond donors (Lipinski definition) is 2. The SMILES string of the molecule is C=C/C=C(\c1cc(-c2n[nH]c3ccc(-c4cncc(CN5CCCC5)c4)cc23)[nH]c1C)N1CCN(C)CC1. The van der Waals surface area contributed by atoms with Crippen LogP contribution in [0.15, 0.2) is 61.5 Å². The molecule has 0 radical (unpaired) electrons. The fourth-order valence-corrected chi connectivity index (χ4v) is 5.81. The van der Waals surface area contributed by atoms with Gasteiger partial charge in [-0.3, -0.25) is 15.0 Å². The Morgan fingerprint density at radius 1 is 1.00 bits per heavy atom. The smallest absolute Gasteiger partial charge is 0.116 e. The summed E-state index contributed by atoms with van der Waals surface area (Å²) in [5, 5.41) is 9.07. The van der Waals surface area contributed by atoms with Crippen LogP contribution in [0.4, 0.5) is 0 Å². The van der Waals surface area contributed by atoms with Crippen molar-refractivity contribution in [2.24, 2.45) is 0 Å². The lowest BCUT2D eigenvalue weighted by Crippen LogP contribution is -2.43. The Morgan fingerprint density at radius 3 is 2.61 bits per heavy atom. The van der Waals surface area contributed by atoms with Crippen LogP contribution >= 0.6 is 0 Å². The number of H-pyrrole nitrogens is 2. The van der Waals surface area contributed by atoms with Crippen molar-refractivity contribution in [2.45, 2.75) is 26.3 Å². The Balaban J connectivity index is 1.32. The quantitative estimate of drug-likeness (QED) is 0.333. The van der Waals surface area contributed by atoms with Gasteiger partial charge in [-0.15, -0.1) is 0 Å². The Kier molecular flexibility index (Phi) is 6.87. The Labute approximate surface area is 224 Å². The number of benzene rings is 1. The van der Waals surface area contributed by atoms with Crippen molar-refractivity contribution in [3.8, 4) is 22.5 Å². The highest BCUT2D eigenvalue weighted by Gasteiger charge is 2.21. The van der Waals surface area contributed by atoms with Crippen LogP contribution in [-0.2, 0) is 6.54 Å². The molecule has 0 spiro atoms. The van der Waals surface area contributed by atoms with Crippen LogP contribution < -0.4 is 0 Å². The molecular formula is C31H37N7. The van der Waals surface area contributed by atoms with Crippen LogP contribution in [0.3, 0.4) is 0 Å². The molecule has 38 heavy (non-hydrogen) atoms. The normalized spacial score (nSPS) is 17.5. The number of likely N-dealkylation sites (N-methyl/N-ethyl adjacent to an activating group) is 1. The molecule has 0 amide bonds. The Bertz CT molecular complexity index is 1460. The molecule has 0 saturated carbocycles. The first-order valence-electron chi connectivity index (χ1n) is 13.7. The summed E-state index contributed by atoms with van der Waals surface area (Å²) in [4.78, 5) is 15.6. The first-order valence-corrected chi connectivity index (χ1v) is 13.7. The summed E-state index contributed by atoms with van der Waals surface area (Å²) in [7, 11) is 2.19. The molecule has 0 bridgehead atoms. The summed E-state index contributed by atoms with van der Waals surface area (Å²) in [6, 6.07) is 11.0. The Hall–Kier alpha value is -3.68. The lowest BCUT2D eigenvalue weighted by Gasteiger charge is -2.35. The molecule has 0 unspecified atom stereocenters. The number of aromatic nitrogens is 4. The van der Waals surface area contributed by atoms with E-state index in [1.807, 2.05) is 18.5 Å². The summed E-state index contributed by atoms with van der Waals surface area (Å²) in [6.45, 7) is 13.6. The number of rotatable bonds is 7. The zero-order valence-electron chi connectivity index (χ0n) is 22.5. The highest BCUT2D eigenvalue weighted by Crippen LogP contribution is 2.34. The standard InChI is InChI=1S/C31H37N7/c1-4-7-30(38-14-12-36(3)13-15-38)26-18-29(33-22(26)2)31-27-17-24(8-9-28(27)34-35-31)25-16-23(19-32-20-25)21-37-10-5-6-11-37/h4,7-9,16-20,33H,1,5-6,10-15,21H2,2-3H3,(H,34,35)/b30-7+. The van der Waals surface area contributed by atoms with Crippen molar-refractivity contribution in [1.29, 1.82) is 0 Å². The number of nitrogens with zero attached hydrogens (tertiary/aromatic N) is 5. The van der Waals surface area contributed by atoms with Crippen LogP contribution in [0.25, 0.3) is 39.1 Å². The van der Waals surface area contributed by atoms with Crippen molar-refractivity contribution in [2.75, 3.05) is 46.3 Å². The fraction of sp³-hybridized carbons (Fsp3) is 0.355. The first kappa shape index (κ1) is 24.6. The second-order valence-corrected chi connectivity index (χ2v) is 10.7. The minimum absolute atomic E-state index is 0.939. The average Bonchev–Trinajstić information content (AvgIpc) is 3.68. The third-order valence-electron chi connectivity index (χ3n) is 7.96. The van der Waals surface area contributed by atoms with Crippen LogP contribution in [-0.4, -0.2) is 81.2 Å². The predicted octanol–water partition coefficient (Wildman–Crippen LogP) is 5.30. The molecule has 2 N–H and O–H groups in total. The van der Waals surface area contributed by atoms with Gasteiger partial charge in [-0.25, -0.2) is 0 Å². The molecule has 7 nitrogen and oxygen atoms in total. The number of piperazine rings is 1. The lowest BCUT2D eigenvalue weighted by molar-refractivity contribution is 0.207. The summed E-state index contributed by atoms with van der Waals surface area (Å²) in [5.41, 5.74) is 10.1. The second-order valence-electron chi connectivity index (χ2n) is 10.7. The predicted molar refractivity (Wildman–Crippen MR) is 156 cm³/mol. The molecule has 3 aromatic heterocycles. The van der Waals surface area contributed by atoms with Gasteiger partial charge in [-0.05, 0) is 81.4 Å². The van der Waals surface area contributed by atoms with E-state index < -0.39 is 0 Å². The molecule has 2 saturated heterocycles. The van der Waals surface area contributed by atoms with Crippen molar-refractivity contribution in [3.63, 3.8) is 0 Å². The number of allylic oxidation sites excluding steroid dienone is 2. The molecular weight excluding hydrogens is 470 g/mol. The molecule has 2 aliphatic rings. The van der Waals surface area contributed by atoms with Crippen molar-refractivity contribution >= 4 is 16.6 Å². The molecule has 4 aromatic rings. The maximum Gasteiger partial charge on any atom is 0.116 e. The number of hydrogen-bond acceptors (Lipinski definition) is 5. The molecule has 196 valence electrons. The molecule has 2 fully saturated rings. The second kappa shape index (κ2) is 10.6. The molecule has 1 aromatic carbocycles. The average molecular weight is 508 g/mol. The van der Waals surface area contributed by atoms with E-state index in [1.54, 1.807) is 0 Å². The van der Waals surface area contributed by atoms with Gasteiger partial charge in [0, 0.05) is 73.0 Å². The van der Waals surface area contributed by atoms with E-state index in [9.17, 15) is 0 Å². The highest BCUT2D eigenvalue weighted by molar-refractivity contribution is 5.95. The topological polar surface area (TPSA) is 67.1 Å². The summed E-state index contributed by atoms with van der Waals surface area (Å²) in [5.74, 6) is 0. The number of aryl methyl sites for hydroxylation is 1. The van der Waals surface area contributed by atoms with Gasteiger partial charge in [0.1, 0.15) is 5.69 Å². The highest BCUT2D eigenvalue weighted by atomic mass is 15.3. The number of nitrogens with one attached hydrogen (secondary N) is 2. The van der Waals surface area contributed by atoms with Crippen LogP contribution in [0.2, 0.25) is 0 Å². The van der Waals surface area contributed by atoms with Crippen LogP contribution in [0, 0.1) is 6.92 Å². The van der Waals surface area contributed by atoms with Crippen LogP contribution in [0.1, 0.15) is 29.7 Å². The largest absolute Gasteiger partial charge is 0.368 e. The van der Waals surface area contributed by atoms with E-state index >= 15 is 0 Å². The number of pyridine rings is 1. The van der Waals surface area contributed by atoms with Gasteiger partial charge in [0.05, 0.1) is 11.2 Å². The van der Waals surface area contributed by atoms with E-state index in [4.69, 9.17) is 5.10 Å². The summed E-state index contributed by atoms with van der Waals surface area (Å²) >= 11 is 0. The fourth-order valence-electron chi connectivity index (χ4n) is 5.81. The lowest BCUT2D eigenvalue weighted by atomic mass is 10.0. The van der Waals surface area contributed by atoms with E-state index in [2.05, 4.69) is 86.7 Å². The molecule has 6 rings (SSSR count). The third-order valence-corrected chi connectivity index (χ3v) is 7.96. The maximum absolute atomic E-state index is 4.73. The van der Waals surface area contributed by atoms with E-state index in [0.29, 0.717) is 0 Å². The van der Waals surface area contributed by atoms with Crippen molar-refractivity contribution < 1.29 is 0 Å². The van der Waals surface area contributed by atoms with Gasteiger partial charge in [-0.1, -0.05) is 18.7 Å². The van der Waals surface area contributed by atoms with Crippen LogP contribution in [0.5, 0.6) is 0 Å². The molecule has 5 heterocycles. The number of fused-ring (bicyclic) bond motifs is 1. The van der Waals surface area contributed by atoms with Gasteiger partial charge >= 0.3 is 0 Å². The summed E-state index contributed by atoms with van der Waals surface area (Å²) in [6.07, 6.45) is 10.6. The minimum atomic E-state index is 0.939. The van der Waals surface area contributed by atoms with E-state index in [-0.39, 0.29) is 0 Å². The van der Waals surface area contributed by atoms with E-state index in [1.165, 1.54) is 42.8 Å². The summed E-state index contributed by atoms with van der Waals surface area (Å²) < 4.78 is 0. The van der Waals surface area contributed by atoms with Gasteiger partial charge in [-0.2, -0.15) is 5.10 Å². The first-order chi connectivity index (χ1) is 18.6. The van der Waals surface area contributed by atoms with Gasteiger partial charge in [0.2, 0.25) is 0 Å². The van der Waals surface area contributed by atoms with Crippen molar-refractivity contribution in [1.82, 2.24) is 34.9 Å². The van der Waals surface area contributed by atoms with Gasteiger partial charge in [0.25, 0.3) is 0 Å². The zero-order valence-corrected chi connectivity index (χ0v) is 22.5.